The molecular formula is C29H33N5O3S2. The summed E-state index contributed by atoms with van der Waals surface area (Å²) in [6.07, 6.45) is 6.51. The van der Waals surface area contributed by atoms with Crippen LogP contribution in [-0.2, 0) is 4.79 Å². The molecule has 204 valence electrons. The summed E-state index contributed by atoms with van der Waals surface area (Å²) >= 11 is 6.79. The summed E-state index contributed by atoms with van der Waals surface area (Å²) in [7, 11) is 1.66. The van der Waals surface area contributed by atoms with Gasteiger partial charge in [0.2, 0.25) is 0 Å². The number of rotatable bonds is 8. The van der Waals surface area contributed by atoms with E-state index in [1.54, 1.807) is 28.7 Å². The number of amides is 1. The number of thioether (sulfide) groups is 1. The lowest BCUT2D eigenvalue weighted by atomic mass is 10.2. The molecule has 0 unspecified atom stereocenters. The van der Waals surface area contributed by atoms with Crippen LogP contribution in [0.5, 0.6) is 5.75 Å². The Bertz CT molecular complexity index is 1480. The third kappa shape index (κ3) is 5.67. The molecule has 0 N–H and O–H groups in total. The van der Waals surface area contributed by atoms with Crippen LogP contribution in [-0.4, -0.2) is 64.3 Å². The molecule has 4 heterocycles. The number of carbonyl (C=O) groups is 1. The SMILES string of the molecule is CCCCCN1C(=O)/C(=C\c2c(N3CCN(c4ccc(OC)cc4)CC3)nc3ccc(C)cn3c2=O)SC1=S. The standard InChI is InChI=1S/C29H33N5O3S2/c1-4-5-6-13-33-28(36)24(39-29(33)38)18-23-26(30-25-12-7-20(2)19-34(25)27(23)35)32-16-14-31(15-17-32)21-8-10-22(37-3)11-9-21/h7-12,18-19H,4-6,13-17H2,1-3H3/b24-18+. The van der Waals surface area contributed by atoms with Gasteiger partial charge in [0.1, 0.15) is 21.5 Å². The number of carbonyl (C=O) groups excluding carboxylic acids is 1. The van der Waals surface area contributed by atoms with Crippen molar-refractivity contribution in [3.8, 4) is 5.75 Å². The number of fused-ring (bicyclic) bond motifs is 1. The molecule has 0 saturated carbocycles. The number of aromatic nitrogens is 2. The Balaban J connectivity index is 1.47. The molecule has 2 fully saturated rings. The first kappa shape index (κ1) is 27.2. The van der Waals surface area contributed by atoms with Crippen molar-refractivity contribution in [1.82, 2.24) is 14.3 Å². The number of nitrogens with zero attached hydrogens (tertiary/aromatic N) is 5. The van der Waals surface area contributed by atoms with Crippen LogP contribution in [0.15, 0.2) is 52.3 Å². The zero-order valence-electron chi connectivity index (χ0n) is 22.6. The van der Waals surface area contributed by atoms with Crippen LogP contribution in [0, 0.1) is 6.92 Å². The van der Waals surface area contributed by atoms with Gasteiger partial charge in [-0.15, -0.1) is 0 Å². The quantitative estimate of drug-likeness (QED) is 0.221. The lowest BCUT2D eigenvalue weighted by Crippen LogP contribution is -2.47. The van der Waals surface area contributed by atoms with E-state index in [-0.39, 0.29) is 11.5 Å². The first-order valence-corrected chi connectivity index (χ1v) is 14.5. The number of ether oxygens (including phenoxy) is 1. The molecule has 2 aliphatic rings. The molecule has 2 aromatic heterocycles. The van der Waals surface area contributed by atoms with E-state index in [9.17, 15) is 9.59 Å². The highest BCUT2D eigenvalue weighted by Crippen LogP contribution is 2.34. The van der Waals surface area contributed by atoms with E-state index >= 15 is 0 Å². The molecule has 3 aromatic rings. The minimum atomic E-state index is -0.187. The van der Waals surface area contributed by atoms with Crippen molar-refractivity contribution < 1.29 is 9.53 Å². The smallest absolute Gasteiger partial charge is 0.267 e. The maximum Gasteiger partial charge on any atom is 0.267 e. The second kappa shape index (κ2) is 11.8. The molecule has 2 saturated heterocycles. The fourth-order valence-corrected chi connectivity index (χ4v) is 6.22. The van der Waals surface area contributed by atoms with E-state index < -0.39 is 0 Å². The molecule has 10 heteroatoms. The maximum absolute atomic E-state index is 13.8. The first-order valence-electron chi connectivity index (χ1n) is 13.3. The number of anilines is 2. The summed E-state index contributed by atoms with van der Waals surface area (Å²) in [4.78, 5) is 38.6. The highest BCUT2D eigenvalue weighted by molar-refractivity contribution is 8.26. The van der Waals surface area contributed by atoms with E-state index in [2.05, 4.69) is 28.9 Å². The molecule has 0 aliphatic carbocycles. The van der Waals surface area contributed by atoms with Gasteiger partial charge in [-0.05, 0) is 55.3 Å². The molecule has 2 aliphatic heterocycles. The van der Waals surface area contributed by atoms with Gasteiger partial charge in [0.15, 0.2) is 0 Å². The van der Waals surface area contributed by atoms with E-state index in [0.717, 1.165) is 49.4 Å². The minimum absolute atomic E-state index is 0.134. The first-order chi connectivity index (χ1) is 18.9. The van der Waals surface area contributed by atoms with Crippen LogP contribution in [0.2, 0.25) is 0 Å². The van der Waals surface area contributed by atoms with Crippen molar-refractivity contribution in [1.29, 1.82) is 0 Å². The van der Waals surface area contributed by atoms with Gasteiger partial charge in [0.05, 0.1) is 17.6 Å². The fourth-order valence-electron chi connectivity index (χ4n) is 4.93. The lowest BCUT2D eigenvalue weighted by Gasteiger charge is -2.37. The number of methoxy groups -OCH3 is 1. The molecule has 39 heavy (non-hydrogen) atoms. The number of hydrogen-bond donors (Lipinski definition) is 0. The van der Waals surface area contributed by atoms with Crippen molar-refractivity contribution in [2.75, 3.05) is 49.6 Å². The summed E-state index contributed by atoms with van der Waals surface area (Å²) in [6, 6.07) is 11.9. The highest BCUT2D eigenvalue weighted by atomic mass is 32.2. The summed E-state index contributed by atoms with van der Waals surface area (Å²) in [5.41, 5.74) is 2.91. The van der Waals surface area contributed by atoms with Gasteiger partial charge >= 0.3 is 0 Å². The molecule has 0 radical (unpaired) electrons. The number of aryl methyl sites for hydroxylation is 1. The van der Waals surface area contributed by atoms with E-state index in [0.29, 0.717) is 45.9 Å². The van der Waals surface area contributed by atoms with Crippen molar-refractivity contribution in [3.05, 3.63) is 69.0 Å². The molecule has 5 rings (SSSR count). The molecule has 1 amide bonds. The minimum Gasteiger partial charge on any atom is -0.497 e. The average molecular weight is 564 g/mol. The predicted octanol–water partition coefficient (Wildman–Crippen LogP) is 4.73. The van der Waals surface area contributed by atoms with Gasteiger partial charge < -0.3 is 14.5 Å². The number of unbranched alkanes of at least 4 members (excludes halogenated alkanes) is 2. The Morgan fingerprint density at radius 1 is 1.03 bits per heavy atom. The number of hydrogen-bond acceptors (Lipinski definition) is 8. The van der Waals surface area contributed by atoms with Crippen LogP contribution in [0.25, 0.3) is 11.7 Å². The predicted molar refractivity (Wildman–Crippen MR) is 163 cm³/mol. The summed E-state index contributed by atoms with van der Waals surface area (Å²) in [6.45, 7) is 7.62. The Hall–Kier alpha value is -3.37. The van der Waals surface area contributed by atoms with Gasteiger partial charge in [-0.25, -0.2) is 4.98 Å². The van der Waals surface area contributed by atoms with Crippen LogP contribution >= 0.6 is 24.0 Å². The summed E-state index contributed by atoms with van der Waals surface area (Å²) < 4.78 is 7.40. The Labute approximate surface area is 238 Å². The van der Waals surface area contributed by atoms with Gasteiger partial charge in [-0.2, -0.15) is 0 Å². The van der Waals surface area contributed by atoms with Crippen molar-refractivity contribution >= 4 is 57.4 Å². The zero-order valence-corrected chi connectivity index (χ0v) is 24.2. The van der Waals surface area contributed by atoms with Crippen LogP contribution in [0.1, 0.15) is 37.3 Å². The monoisotopic (exact) mass is 563 g/mol. The number of benzene rings is 1. The summed E-state index contributed by atoms with van der Waals surface area (Å²) in [5.74, 6) is 1.30. The lowest BCUT2D eigenvalue weighted by molar-refractivity contribution is -0.122. The van der Waals surface area contributed by atoms with Crippen LogP contribution in [0.3, 0.4) is 0 Å². The third-order valence-corrected chi connectivity index (χ3v) is 8.51. The van der Waals surface area contributed by atoms with Crippen molar-refractivity contribution in [2.24, 2.45) is 0 Å². The van der Waals surface area contributed by atoms with E-state index in [4.69, 9.17) is 21.9 Å². The Kier molecular flexibility index (Phi) is 8.23. The second-order valence-electron chi connectivity index (χ2n) is 9.80. The van der Waals surface area contributed by atoms with Gasteiger partial charge in [-0.1, -0.05) is 49.8 Å². The number of thiocarbonyl (C=S) groups is 1. The Morgan fingerprint density at radius 3 is 2.44 bits per heavy atom. The average Bonchev–Trinajstić information content (AvgIpc) is 3.22. The van der Waals surface area contributed by atoms with Gasteiger partial charge in [-0.3, -0.25) is 18.9 Å². The highest BCUT2D eigenvalue weighted by Gasteiger charge is 2.33. The van der Waals surface area contributed by atoms with Crippen molar-refractivity contribution in [2.45, 2.75) is 33.1 Å². The molecule has 0 spiro atoms. The molecule has 8 nitrogen and oxygen atoms in total. The molecule has 0 bridgehead atoms. The van der Waals surface area contributed by atoms with Crippen molar-refractivity contribution in [3.63, 3.8) is 0 Å². The topological polar surface area (TPSA) is 70.4 Å². The maximum atomic E-state index is 13.8. The van der Waals surface area contributed by atoms with Crippen LogP contribution < -0.4 is 20.1 Å². The van der Waals surface area contributed by atoms with Crippen LogP contribution in [0.4, 0.5) is 11.5 Å². The normalized spacial score (nSPS) is 17.1. The van der Waals surface area contributed by atoms with E-state index in [1.165, 1.54) is 11.8 Å². The van der Waals surface area contributed by atoms with Gasteiger partial charge in [0.25, 0.3) is 11.5 Å². The summed E-state index contributed by atoms with van der Waals surface area (Å²) in [5, 5.41) is 0. The van der Waals surface area contributed by atoms with E-state index in [1.807, 2.05) is 31.2 Å². The molecule has 1 aromatic carbocycles. The molecular weight excluding hydrogens is 530 g/mol. The molecule has 0 atom stereocenters. The number of piperazine rings is 1. The second-order valence-corrected chi connectivity index (χ2v) is 11.5. The van der Waals surface area contributed by atoms with Gasteiger partial charge in [0, 0.05) is 44.6 Å². The number of pyridine rings is 1. The third-order valence-electron chi connectivity index (χ3n) is 7.14. The Morgan fingerprint density at radius 2 is 1.74 bits per heavy atom. The zero-order chi connectivity index (χ0) is 27.5. The largest absolute Gasteiger partial charge is 0.497 e. The fraction of sp³-hybridized carbons (Fsp3) is 0.379.